The zero-order valence-electron chi connectivity index (χ0n) is 9.84. The maximum atomic E-state index is 11.6. The molecular weight excluding hydrogens is 244 g/mol. The van der Waals surface area contributed by atoms with Crippen LogP contribution in [0.3, 0.4) is 0 Å². The molecule has 0 radical (unpaired) electrons. The first-order valence-electron chi connectivity index (χ1n) is 5.22. The molecule has 1 rings (SSSR count). The third kappa shape index (κ3) is 3.57. The minimum atomic E-state index is -3.79. The summed E-state index contributed by atoms with van der Waals surface area (Å²) >= 11 is 0. The van der Waals surface area contributed by atoms with Gasteiger partial charge in [0.1, 0.15) is 10.6 Å². The van der Waals surface area contributed by atoms with Crippen molar-refractivity contribution in [2.75, 3.05) is 6.61 Å². The number of aromatic nitrogens is 1. The van der Waals surface area contributed by atoms with Gasteiger partial charge >= 0.3 is 5.97 Å². The van der Waals surface area contributed by atoms with Gasteiger partial charge in [0, 0.05) is 13.2 Å². The van der Waals surface area contributed by atoms with E-state index in [1.54, 1.807) is 7.05 Å². The number of rotatable bonds is 5. The van der Waals surface area contributed by atoms with E-state index in [-0.39, 0.29) is 10.6 Å². The van der Waals surface area contributed by atoms with Crippen LogP contribution in [-0.2, 0) is 21.8 Å². The van der Waals surface area contributed by atoms with Crippen molar-refractivity contribution in [3.63, 3.8) is 0 Å². The molecule has 2 N–H and O–H groups in total. The molecule has 7 heteroatoms. The van der Waals surface area contributed by atoms with Crippen LogP contribution in [0.15, 0.2) is 17.2 Å². The monoisotopic (exact) mass is 260 g/mol. The smallest absolute Gasteiger partial charge is 0.354 e. The highest BCUT2D eigenvalue weighted by atomic mass is 32.2. The standard InChI is InChI=1S/C10H16N2O4S/c1-3-4-5-16-10(13)9-6-8(7-12(9)2)17(11,14)15/h6-7H,3-5H2,1-2H3,(H2,11,14,15). The Hall–Kier alpha value is -1.34. The molecule has 0 atom stereocenters. The van der Waals surface area contributed by atoms with Crippen molar-refractivity contribution in [1.82, 2.24) is 4.57 Å². The largest absolute Gasteiger partial charge is 0.461 e. The number of primary sulfonamides is 1. The maximum Gasteiger partial charge on any atom is 0.354 e. The van der Waals surface area contributed by atoms with Crippen molar-refractivity contribution in [2.45, 2.75) is 24.7 Å². The van der Waals surface area contributed by atoms with Crippen LogP contribution in [0, 0.1) is 0 Å². The number of esters is 1. The molecule has 0 bridgehead atoms. The molecule has 0 saturated carbocycles. The van der Waals surface area contributed by atoms with Crippen molar-refractivity contribution >= 4 is 16.0 Å². The second-order valence-electron chi connectivity index (χ2n) is 3.71. The molecule has 0 fully saturated rings. The third-order valence-electron chi connectivity index (χ3n) is 2.25. The average molecular weight is 260 g/mol. The molecule has 0 aliphatic rings. The topological polar surface area (TPSA) is 91.4 Å². The second-order valence-corrected chi connectivity index (χ2v) is 5.27. The Morgan fingerprint density at radius 3 is 2.65 bits per heavy atom. The first kappa shape index (κ1) is 13.7. The lowest BCUT2D eigenvalue weighted by atomic mass is 10.3. The summed E-state index contributed by atoms with van der Waals surface area (Å²) < 4.78 is 28.6. The number of sulfonamides is 1. The van der Waals surface area contributed by atoms with Gasteiger partial charge in [-0.15, -0.1) is 0 Å². The number of unbranched alkanes of at least 4 members (excludes halogenated alkanes) is 1. The highest BCUT2D eigenvalue weighted by Gasteiger charge is 2.18. The van der Waals surface area contributed by atoms with E-state index < -0.39 is 16.0 Å². The lowest BCUT2D eigenvalue weighted by molar-refractivity contribution is 0.0488. The van der Waals surface area contributed by atoms with Crippen molar-refractivity contribution < 1.29 is 17.9 Å². The maximum absolute atomic E-state index is 11.6. The number of nitrogens with zero attached hydrogens (tertiary/aromatic N) is 1. The van der Waals surface area contributed by atoms with Gasteiger partial charge in [-0.2, -0.15) is 0 Å². The zero-order chi connectivity index (χ0) is 13.1. The first-order valence-corrected chi connectivity index (χ1v) is 6.77. The van der Waals surface area contributed by atoms with Crippen molar-refractivity contribution in [3.8, 4) is 0 Å². The summed E-state index contributed by atoms with van der Waals surface area (Å²) in [7, 11) is -2.23. The fraction of sp³-hybridized carbons (Fsp3) is 0.500. The molecule has 0 aliphatic heterocycles. The molecule has 6 nitrogen and oxygen atoms in total. The third-order valence-corrected chi connectivity index (χ3v) is 3.13. The van der Waals surface area contributed by atoms with E-state index in [0.29, 0.717) is 6.61 Å². The van der Waals surface area contributed by atoms with E-state index in [0.717, 1.165) is 12.8 Å². The molecule has 1 aromatic rings. The lowest BCUT2D eigenvalue weighted by Crippen LogP contribution is -2.11. The van der Waals surface area contributed by atoms with Crippen LogP contribution in [-0.4, -0.2) is 25.6 Å². The minimum Gasteiger partial charge on any atom is -0.461 e. The second kappa shape index (κ2) is 5.33. The molecule has 0 aromatic carbocycles. The number of hydrogen-bond donors (Lipinski definition) is 1. The highest BCUT2D eigenvalue weighted by molar-refractivity contribution is 7.89. The van der Waals surface area contributed by atoms with Crippen LogP contribution in [0.25, 0.3) is 0 Å². The number of hydrogen-bond acceptors (Lipinski definition) is 4. The first-order chi connectivity index (χ1) is 7.86. The quantitative estimate of drug-likeness (QED) is 0.621. The van der Waals surface area contributed by atoms with Crippen LogP contribution in [0.1, 0.15) is 30.3 Å². The van der Waals surface area contributed by atoms with Gasteiger partial charge in [-0.25, -0.2) is 18.4 Å². The molecule has 0 saturated heterocycles. The number of ether oxygens (including phenoxy) is 1. The Morgan fingerprint density at radius 2 is 2.18 bits per heavy atom. The summed E-state index contributed by atoms with van der Waals surface area (Å²) in [5.74, 6) is -0.546. The van der Waals surface area contributed by atoms with Crippen LogP contribution < -0.4 is 5.14 Å². The fourth-order valence-electron chi connectivity index (χ4n) is 1.28. The number of carbonyl (C=O) groups is 1. The number of aryl methyl sites for hydroxylation is 1. The summed E-state index contributed by atoms with van der Waals surface area (Å²) in [4.78, 5) is 11.5. The van der Waals surface area contributed by atoms with Gasteiger partial charge in [0.25, 0.3) is 0 Å². The number of carbonyl (C=O) groups excluding carboxylic acids is 1. The van der Waals surface area contributed by atoms with Gasteiger partial charge in [-0.1, -0.05) is 13.3 Å². The van der Waals surface area contributed by atoms with Crippen LogP contribution >= 0.6 is 0 Å². The minimum absolute atomic E-state index is 0.0950. The van der Waals surface area contributed by atoms with Gasteiger partial charge in [0.15, 0.2) is 0 Å². The van der Waals surface area contributed by atoms with E-state index >= 15 is 0 Å². The van der Waals surface area contributed by atoms with Gasteiger partial charge in [-0.3, -0.25) is 0 Å². The van der Waals surface area contributed by atoms with E-state index in [4.69, 9.17) is 9.88 Å². The predicted octanol–water partition coefficient (Wildman–Crippen LogP) is 0.629. The normalized spacial score (nSPS) is 11.5. The Morgan fingerprint density at radius 1 is 1.53 bits per heavy atom. The van der Waals surface area contributed by atoms with Crippen LogP contribution in [0.4, 0.5) is 0 Å². The van der Waals surface area contributed by atoms with E-state index in [1.807, 2.05) is 6.92 Å². The Labute approximate surface area is 100 Å². The molecule has 96 valence electrons. The van der Waals surface area contributed by atoms with Crippen molar-refractivity contribution in [1.29, 1.82) is 0 Å². The van der Waals surface area contributed by atoms with E-state index in [2.05, 4.69) is 0 Å². The number of nitrogens with two attached hydrogens (primary N) is 1. The van der Waals surface area contributed by atoms with Crippen LogP contribution in [0.2, 0.25) is 0 Å². The molecule has 17 heavy (non-hydrogen) atoms. The highest BCUT2D eigenvalue weighted by Crippen LogP contribution is 2.12. The molecule has 1 heterocycles. The summed E-state index contributed by atoms with van der Waals surface area (Å²) in [6, 6.07) is 1.21. The summed E-state index contributed by atoms with van der Waals surface area (Å²) in [5, 5.41) is 4.97. The summed E-state index contributed by atoms with van der Waals surface area (Å²) in [6.07, 6.45) is 2.98. The lowest BCUT2D eigenvalue weighted by Gasteiger charge is -2.03. The van der Waals surface area contributed by atoms with E-state index in [9.17, 15) is 13.2 Å². The van der Waals surface area contributed by atoms with Gasteiger partial charge in [0.05, 0.1) is 6.61 Å². The summed E-state index contributed by atoms with van der Waals surface area (Å²) in [6.45, 7) is 2.31. The Kier molecular flexibility index (Phi) is 4.30. The average Bonchev–Trinajstić information content (AvgIpc) is 2.60. The Bertz CT molecular complexity index is 504. The van der Waals surface area contributed by atoms with Gasteiger partial charge in [0.2, 0.25) is 10.0 Å². The van der Waals surface area contributed by atoms with Gasteiger partial charge < -0.3 is 9.30 Å². The Balaban J connectivity index is 2.85. The van der Waals surface area contributed by atoms with Crippen molar-refractivity contribution in [3.05, 3.63) is 18.0 Å². The van der Waals surface area contributed by atoms with Crippen molar-refractivity contribution in [2.24, 2.45) is 12.2 Å². The zero-order valence-corrected chi connectivity index (χ0v) is 10.7. The SMILES string of the molecule is CCCCOC(=O)c1cc(S(N)(=O)=O)cn1C. The molecular formula is C10H16N2O4S. The van der Waals surface area contributed by atoms with Gasteiger partial charge in [-0.05, 0) is 12.5 Å². The molecule has 0 aliphatic carbocycles. The molecule has 1 aromatic heterocycles. The summed E-state index contributed by atoms with van der Waals surface area (Å²) in [5.41, 5.74) is 0.171. The molecule has 0 amide bonds. The van der Waals surface area contributed by atoms with E-state index in [1.165, 1.54) is 16.8 Å². The molecule has 0 spiro atoms. The fourth-order valence-corrected chi connectivity index (χ4v) is 1.86. The molecule has 0 unspecified atom stereocenters. The van der Waals surface area contributed by atoms with Crippen LogP contribution in [0.5, 0.6) is 0 Å². The predicted molar refractivity (Wildman–Crippen MR) is 62.0 cm³/mol.